The van der Waals surface area contributed by atoms with Crippen LogP contribution >= 0.6 is 0 Å². The maximum absolute atomic E-state index is 3.34. The predicted octanol–water partition coefficient (Wildman–Crippen LogP) is 5.01. The molecule has 0 spiro atoms. The summed E-state index contributed by atoms with van der Waals surface area (Å²) in [6.07, 6.45) is 0. The van der Waals surface area contributed by atoms with E-state index in [4.69, 9.17) is 0 Å². The second-order valence-electron chi connectivity index (χ2n) is 6.67. The van der Waals surface area contributed by atoms with Crippen molar-refractivity contribution in [3.05, 3.63) is 72.8 Å². The van der Waals surface area contributed by atoms with Gasteiger partial charge in [-0.3, -0.25) is 0 Å². The SMILES string of the molecule is [CH2]=[Zr+2].[CH3][Ge]([CH3])[c]1c[cH-]c2ccccc12.[CH3][Ge]([CH3])[c]1c[cH-]c2ccccc12. The first-order valence-electron chi connectivity index (χ1n) is 8.83. The van der Waals surface area contributed by atoms with Gasteiger partial charge in [-0.25, -0.2) is 0 Å². The molecule has 0 aliphatic heterocycles. The normalized spacial score (nSPS) is 10.6. The van der Waals surface area contributed by atoms with E-state index in [-0.39, 0.29) is 0 Å². The van der Waals surface area contributed by atoms with E-state index < -0.39 is 28.7 Å². The molecule has 4 aromatic carbocycles. The molecule has 0 aliphatic carbocycles. The minimum atomic E-state index is -0.882. The van der Waals surface area contributed by atoms with Crippen LogP contribution in [-0.2, 0) is 24.2 Å². The Bertz CT molecular complexity index is 869. The molecule has 130 valence electrons. The summed E-state index contributed by atoms with van der Waals surface area (Å²) in [7, 11) is 0. The molecule has 0 fully saturated rings. The van der Waals surface area contributed by atoms with Crippen LogP contribution in [0.25, 0.3) is 21.5 Å². The zero-order chi connectivity index (χ0) is 19.1. The van der Waals surface area contributed by atoms with Crippen molar-refractivity contribution in [3.8, 4) is 0 Å². The topological polar surface area (TPSA) is 0 Å². The van der Waals surface area contributed by atoms with Crippen molar-refractivity contribution in [3.63, 3.8) is 0 Å². The molecule has 0 atom stereocenters. The Morgan fingerprint density at radius 1 is 0.654 bits per heavy atom. The molecule has 0 unspecified atom stereocenters. The van der Waals surface area contributed by atoms with E-state index in [0.717, 1.165) is 0 Å². The predicted molar refractivity (Wildman–Crippen MR) is 120 cm³/mol. The summed E-state index contributed by atoms with van der Waals surface area (Å²) in [4.78, 5) is 0. The zero-order valence-corrected chi connectivity index (χ0v) is 22.8. The third-order valence-electron chi connectivity index (χ3n) is 4.44. The van der Waals surface area contributed by atoms with E-state index in [1.807, 2.05) is 0 Å². The number of benzene rings is 2. The van der Waals surface area contributed by atoms with Crippen LogP contribution in [0.2, 0.25) is 23.0 Å². The van der Waals surface area contributed by atoms with Crippen molar-refractivity contribution >= 4 is 63.2 Å². The third kappa shape index (κ3) is 5.27. The summed E-state index contributed by atoms with van der Waals surface area (Å²) in [6.45, 7) is 0. The van der Waals surface area contributed by atoms with E-state index in [1.165, 1.54) is 45.8 Å². The van der Waals surface area contributed by atoms with Crippen LogP contribution in [0.4, 0.5) is 0 Å². The molecule has 0 aromatic heterocycles. The van der Waals surface area contributed by atoms with Crippen molar-refractivity contribution in [1.82, 2.24) is 0 Å². The molecule has 2 radical (unpaired) electrons. The first kappa shape index (κ1) is 21.8. The van der Waals surface area contributed by atoms with Crippen LogP contribution in [0.5, 0.6) is 0 Å². The van der Waals surface area contributed by atoms with Crippen molar-refractivity contribution < 1.29 is 24.2 Å². The van der Waals surface area contributed by atoms with Crippen LogP contribution in [0.3, 0.4) is 0 Å². The second-order valence-corrected chi connectivity index (χ2v) is 17.3. The molecule has 0 N–H and O–H groups in total. The Hall–Kier alpha value is -0.501. The van der Waals surface area contributed by atoms with Gasteiger partial charge in [-0.05, 0) is 0 Å². The minimum absolute atomic E-state index is 0.882. The standard InChI is InChI=1S/2C11H12Ge.CH2.Zr/c2*1-12(2)11-8-7-9-5-3-4-6-10(9)11;;/h2*3-8H,1-2H3;1H2;/q2*-1;;+2. The summed E-state index contributed by atoms with van der Waals surface area (Å²) < 4.78 is 6.60. The molecule has 0 heterocycles. The van der Waals surface area contributed by atoms with Gasteiger partial charge >= 0.3 is 183 Å². The molecule has 0 saturated heterocycles. The number of fused-ring (bicyclic) bond motifs is 2. The Kier molecular flexibility index (Phi) is 9.00. The average Bonchev–Trinajstić information content (AvgIpc) is 3.28. The van der Waals surface area contributed by atoms with Gasteiger partial charge in [-0.1, -0.05) is 0 Å². The molecular weight excluding hydrogens is 513 g/mol. The third-order valence-corrected chi connectivity index (χ3v) is 10.8. The monoisotopic (exact) mass is 540 g/mol. The molecule has 4 aromatic rings. The molecule has 0 amide bonds. The Labute approximate surface area is 181 Å². The van der Waals surface area contributed by atoms with Gasteiger partial charge in [-0.15, -0.1) is 0 Å². The van der Waals surface area contributed by atoms with E-state index in [2.05, 4.69) is 100 Å². The van der Waals surface area contributed by atoms with Crippen molar-refractivity contribution in [1.29, 1.82) is 0 Å². The zero-order valence-electron chi connectivity index (χ0n) is 16.1. The Morgan fingerprint density at radius 3 is 1.35 bits per heavy atom. The fourth-order valence-corrected chi connectivity index (χ4v) is 8.14. The molecule has 0 aliphatic rings. The van der Waals surface area contributed by atoms with E-state index in [0.29, 0.717) is 0 Å². The van der Waals surface area contributed by atoms with Gasteiger partial charge < -0.3 is 0 Å². The first-order valence-corrected chi connectivity index (χ1v) is 21.1. The van der Waals surface area contributed by atoms with Crippen LogP contribution in [0.15, 0.2) is 72.8 Å². The second kappa shape index (κ2) is 10.7. The van der Waals surface area contributed by atoms with E-state index in [1.54, 1.807) is 8.79 Å². The first-order chi connectivity index (χ1) is 12.6. The van der Waals surface area contributed by atoms with Crippen molar-refractivity contribution in [2.24, 2.45) is 0 Å². The van der Waals surface area contributed by atoms with Crippen molar-refractivity contribution in [2.45, 2.75) is 23.0 Å². The van der Waals surface area contributed by atoms with Crippen molar-refractivity contribution in [2.75, 3.05) is 0 Å². The summed E-state index contributed by atoms with van der Waals surface area (Å²) in [6, 6.07) is 26.4. The molecule has 26 heavy (non-hydrogen) atoms. The number of rotatable bonds is 2. The van der Waals surface area contributed by atoms with Gasteiger partial charge in [0.1, 0.15) is 0 Å². The summed E-state index contributed by atoms with van der Waals surface area (Å²) in [5, 5.41) is 5.78. The summed E-state index contributed by atoms with van der Waals surface area (Å²) >= 11 is -0.464. The van der Waals surface area contributed by atoms with Crippen LogP contribution in [0, 0.1) is 0 Å². The molecule has 3 heteroatoms. The average molecular weight is 539 g/mol. The van der Waals surface area contributed by atoms with E-state index >= 15 is 0 Å². The Morgan fingerprint density at radius 2 is 1.00 bits per heavy atom. The van der Waals surface area contributed by atoms with Crippen LogP contribution < -0.4 is 8.79 Å². The van der Waals surface area contributed by atoms with Gasteiger partial charge in [-0.2, -0.15) is 0 Å². The quantitative estimate of drug-likeness (QED) is 0.249. The van der Waals surface area contributed by atoms with Gasteiger partial charge in [0.15, 0.2) is 0 Å². The fraction of sp³-hybridized carbons (Fsp3) is 0.174. The van der Waals surface area contributed by atoms with Gasteiger partial charge in [0.2, 0.25) is 0 Å². The number of hydrogen-bond acceptors (Lipinski definition) is 0. The fourth-order valence-electron chi connectivity index (χ4n) is 3.17. The molecule has 0 saturated carbocycles. The molecular formula is C23H26Ge2Zr. The van der Waals surface area contributed by atoms with E-state index in [9.17, 15) is 0 Å². The van der Waals surface area contributed by atoms with Gasteiger partial charge in [0.25, 0.3) is 0 Å². The summed E-state index contributed by atoms with van der Waals surface area (Å²) in [5.41, 5.74) is 0. The van der Waals surface area contributed by atoms with Crippen LogP contribution in [-0.4, -0.2) is 32.9 Å². The maximum atomic E-state index is 3.34. The van der Waals surface area contributed by atoms with Crippen LogP contribution in [0.1, 0.15) is 0 Å². The molecule has 0 bridgehead atoms. The molecule has 4 rings (SSSR count). The Balaban J connectivity index is 0.000000171. The molecule has 0 nitrogen and oxygen atoms in total. The van der Waals surface area contributed by atoms with Gasteiger partial charge in [0, 0.05) is 0 Å². The van der Waals surface area contributed by atoms with Gasteiger partial charge in [0.05, 0.1) is 0 Å². The number of hydrogen-bond donors (Lipinski definition) is 0. The summed E-state index contributed by atoms with van der Waals surface area (Å²) in [5.74, 6) is 9.62.